The number of halogens is 3. The molecule has 0 bridgehead atoms. The van der Waals surface area contributed by atoms with Gasteiger partial charge in [0, 0.05) is 57.5 Å². The number of rotatable bonds is 5. The van der Waals surface area contributed by atoms with Crippen LogP contribution in [0, 0.1) is 11.8 Å². The third-order valence-electron chi connectivity index (χ3n) is 7.25. The normalized spacial score (nSPS) is 25.0. The summed E-state index contributed by atoms with van der Waals surface area (Å²) >= 11 is 0. The average Bonchev–Trinajstić information content (AvgIpc) is 3.37. The summed E-state index contributed by atoms with van der Waals surface area (Å²) in [5.41, 5.74) is 0.853. The first-order valence-corrected chi connectivity index (χ1v) is 12.6. The number of hydrogen-bond acceptors (Lipinski definition) is 5. The molecule has 7 nitrogen and oxygen atoms in total. The summed E-state index contributed by atoms with van der Waals surface area (Å²) in [6.45, 7) is 4.30. The van der Waals surface area contributed by atoms with Crippen molar-refractivity contribution >= 4 is 17.5 Å². The largest absolute Gasteiger partial charge is 0.491 e. The van der Waals surface area contributed by atoms with Crippen molar-refractivity contribution in [2.24, 2.45) is 11.8 Å². The molecule has 1 N–H and O–H groups in total. The van der Waals surface area contributed by atoms with Crippen molar-refractivity contribution in [1.29, 1.82) is 0 Å². The Morgan fingerprint density at radius 1 is 1.19 bits per heavy atom. The van der Waals surface area contributed by atoms with Crippen LogP contribution in [0.15, 0.2) is 18.2 Å². The van der Waals surface area contributed by atoms with Crippen LogP contribution in [0.4, 0.5) is 18.9 Å². The van der Waals surface area contributed by atoms with E-state index >= 15 is 0 Å². The third kappa shape index (κ3) is 7.59. The second-order valence-electron chi connectivity index (χ2n) is 10.1. The molecule has 0 radical (unpaired) electrons. The van der Waals surface area contributed by atoms with Crippen molar-refractivity contribution in [2.75, 3.05) is 45.7 Å². The number of alkyl halides is 3. The summed E-state index contributed by atoms with van der Waals surface area (Å²) in [4.78, 5) is 29.2. The minimum Gasteiger partial charge on any atom is -0.491 e. The predicted octanol–water partition coefficient (Wildman–Crippen LogP) is 4.57. The first-order valence-electron chi connectivity index (χ1n) is 12.6. The number of nitrogens with one attached hydrogen (secondary N) is 1. The molecule has 1 heterocycles. The van der Waals surface area contributed by atoms with E-state index in [0.717, 1.165) is 25.7 Å². The Labute approximate surface area is 211 Å². The van der Waals surface area contributed by atoms with Gasteiger partial charge < -0.3 is 19.7 Å². The van der Waals surface area contributed by atoms with Crippen LogP contribution in [0.3, 0.4) is 0 Å². The molecule has 2 amide bonds. The highest BCUT2D eigenvalue weighted by molar-refractivity contribution is 5.98. The molecule has 1 aliphatic carbocycles. The molecule has 1 saturated carbocycles. The Kier molecular flexibility index (Phi) is 9.63. The topological polar surface area (TPSA) is 71.1 Å². The molecule has 36 heavy (non-hydrogen) atoms. The summed E-state index contributed by atoms with van der Waals surface area (Å²) < 4.78 is 50.7. The Balaban J connectivity index is 1.87. The van der Waals surface area contributed by atoms with Crippen molar-refractivity contribution in [3.05, 3.63) is 23.8 Å². The monoisotopic (exact) mass is 513 g/mol. The zero-order valence-electron chi connectivity index (χ0n) is 21.6. The van der Waals surface area contributed by atoms with Gasteiger partial charge in [0.15, 0.2) is 0 Å². The number of carbonyl (C=O) groups is 2. The molecular formula is C26H38F3N3O4. The summed E-state index contributed by atoms with van der Waals surface area (Å²) in [6, 6.07) is 4.59. The standard InChI is InChI=1S/C26H38F3N3O4/c1-17-14-32(12-11-26(27,28)29)18(2)16-36-22-13-20(30-24(33)19-7-5-6-8-19)9-10-21(22)25(34)31(3)15-23(17)35-4/h9-10,13,17-19,23H,5-8,11-12,14-16H2,1-4H3,(H,30,33)/t17-,18+,23+/m1/s1. The maximum Gasteiger partial charge on any atom is 0.390 e. The fourth-order valence-electron chi connectivity index (χ4n) is 4.94. The van der Waals surface area contributed by atoms with Gasteiger partial charge in [-0.25, -0.2) is 0 Å². The van der Waals surface area contributed by atoms with Gasteiger partial charge in [-0.15, -0.1) is 0 Å². The number of anilines is 1. The van der Waals surface area contributed by atoms with E-state index in [-0.39, 0.29) is 55.5 Å². The van der Waals surface area contributed by atoms with E-state index in [1.54, 1.807) is 37.3 Å². The number of ether oxygens (including phenoxy) is 2. The van der Waals surface area contributed by atoms with Crippen LogP contribution in [-0.2, 0) is 9.53 Å². The van der Waals surface area contributed by atoms with E-state index in [2.05, 4.69) is 5.32 Å². The molecule has 2 aliphatic rings. The molecule has 0 unspecified atom stereocenters. The molecule has 202 valence electrons. The second kappa shape index (κ2) is 12.3. The molecular weight excluding hydrogens is 475 g/mol. The van der Waals surface area contributed by atoms with Gasteiger partial charge in [-0.3, -0.25) is 14.5 Å². The lowest BCUT2D eigenvalue weighted by atomic mass is 10.0. The van der Waals surface area contributed by atoms with Gasteiger partial charge in [0.25, 0.3) is 5.91 Å². The van der Waals surface area contributed by atoms with Crippen LogP contribution in [-0.4, -0.2) is 80.3 Å². The zero-order chi connectivity index (χ0) is 26.5. The molecule has 0 aromatic heterocycles. The van der Waals surface area contributed by atoms with Crippen LogP contribution >= 0.6 is 0 Å². The summed E-state index contributed by atoms with van der Waals surface area (Å²) in [6.07, 6.45) is -1.74. The van der Waals surface area contributed by atoms with Gasteiger partial charge in [0.1, 0.15) is 12.4 Å². The smallest absolute Gasteiger partial charge is 0.390 e. The van der Waals surface area contributed by atoms with Gasteiger partial charge in [-0.2, -0.15) is 13.2 Å². The number of benzene rings is 1. The second-order valence-corrected chi connectivity index (χ2v) is 10.1. The van der Waals surface area contributed by atoms with Gasteiger partial charge in [-0.1, -0.05) is 19.8 Å². The number of fused-ring (bicyclic) bond motifs is 1. The number of likely N-dealkylation sites (N-methyl/N-ethyl adjacent to an activating group) is 1. The molecule has 1 aromatic carbocycles. The molecule has 1 aliphatic heterocycles. The van der Waals surface area contributed by atoms with Gasteiger partial charge in [-0.05, 0) is 37.8 Å². The summed E-state index contributed by atoms with van der Waals surface area (Å²) in [5.74, 6) is -0.146. The fourth-order valence-corrected chi connectivity index (χ4v) is 4.94. The van der Waals surface area contributed by atoms with Crippen LogP contribution < -0.4 is 10.1 Å². The average molecular weight is 514 g/mol. The van der Waals surface area contributed by atoms with E-state index in [4.69, 9.17) is 9.47 Å². The summed E-state index contributed by atoms with van der Waals surface area (Å²) in [7, 11) is 3.21. The molecule has 10 heteroatoms. The van der Waals surface area contributed by atoms with Gasteiger partial charge in [0.05, 0.1) is 18.1 Å². The maximum absolute atomic E-state index is 13.3. The van der Waals surface area contributed by atoms with E-state index in [9.17, 15) is 22.8 Å². The lowest BCUT2D eigenvalue weighted by Gasteiger charge is -2.36. The quantitative estimate of drug-likeness (QED) is 0.625. The number of methoxy groups -OCH3 is 1. The van der Waals surface area contributed by atoms with Crippen LogP contribution in [0.25, 0.3) is 0 Å². The zero-order valence-corrected chi connectivity index (χ0v) is 21.6. The Hall–Kier alpha value is -2.33. The van der Waals surface area contributed by atoms with E-state index in [1.165, 1.54) is 4.90 Å². The maximum atomic E-state index is 13.3. The van der Waals surface area contributed by atoms with Crippen LogP contribution in [0.2, 0.25) is 0 Å². The number of amides is 2. The number of carbonyl (C=O) groups excluding carboxylic acids is 2. The van der Waals surface area contributed by atoms with Crippen molar-refractivity contribution in [3.8, 4) is 5.75 Å². The molecule has 0 saturated heterocycles. The lowest BCUT2D eigenvalue weighted by Crippen LogP contribution is -2.47. The number of nitrogens with zero attached hydrogens (tertiary/aromatic N) is 2. The van der Waals surface area contributed by atoms with Crippen LogP contribution in [0.5, 0.6) is 5.75 Å². The SMILES string of the molecule is CO[C@H]1CN(C)C(=O)c2ccc(NC(=O)C3CCCC3)cc2OC[C@H](C)N(CCC(F)(F)F)C[C@H]1C. The summed E-state index contributed by atoms with van der Waals surface area (Å²) in [5, 5.41) is 2.93. The highest BCUT2D eigenvalue weighted by Crippen LogP contribution is 2.30. The van der Waals surface area contributed by atoms with Gasteiger partial charge >= 0.3 is 6.18 Å². The number of hydrogen-bond donors (Lipinski definition) is 1. The van der Waals surface area contributed by atoms with Crippen molar-refractivity contribution in [1.82, 2.24) is 9.80 Å². The highest BCUT2D eigenvalue weighted by atomic mass is 19.4. The van der Waals surface area contributed by atoms with E-state index in [1.807, 2.05) is 13.8 Å². The molecule has 1 aromatic rings. The third-order valence-corrected chi connectivity index (χ3v) is 7.25. The van der Waals surface area contributed by atoms with Crippen molar-refractivity contribution < 1.29 is 32.2 Å². The van der Waals surface area contributed by atoms with Crippen LogP contribution in [0.1, 0.15) is 56.3 Å². The molecule has 3 rings (SSSR count). The fraction of sp³-hybridized carbons (Fsp3) is 0.692. The molecule has 1 fully saturated rings. The predicted molar refractivity (Wildman–Crippen MR) is 131 cm³/mol. The first-order chi connectivity index (χ1) is 17.0. The van der Waals surface area contributed by atoms with Crippen molar-refractivity contribution in [2.45, 2.75) is 64.3 Å². The van der Waals surface area contributed by atoms with Gasteiger partial charge in [0.2, 0.25) is 5.91 Å². The minimum absolute atomic E-state index is 0.0187. The Morgan fingerprint density at radius 2 is 1.89 bits per heavy atom. The first kappa shape index (κ1) is 28.2. The molecule has 0 spiro atoms. The Bertz CT molecular complexity index is 905. The minimum atomic E-state index is -4.26. The Morgan fingerprint density at radius 3 is 2.53 bits per heavy atom. The highest BCUT2D eigenvalue weighted by Gasteiger charge is 2.32. The molecule has 3 atom stereocenters. The lowest BCUT2D eigenvalue weighted by molar-refractivity contribution is -0.140. The van der Waals surface area contributed by atoms with E-state index in [0.29, 0.717) is 23.5 Å². The van der Waals surface area contributed by atoms with Crippen molar-refractivity contribution in [3.63, 3.8) is 0 Å². The van der Waals surface area contributed by atoms with E-state index < -0.39 is 12.6 Å².